The second-order valence-electron chi connectivity index (χ2n) is 5.59. The zero-order valence-corrected chi connectivity index (χ0v) is 13.3. The highest BCUT2D eigenvalue weighted by molar-refractivity contribution is 5.75. The van der Waals surface area contributed by atoms with Gasteiger partial charge in [-0.1, -0.05) is 6.92 Å². The topological polar surface area (TPSA) is 59.4 Å². The number of nitrogens with one attached hydrogen (secondary N) is 1. The monoisotopic (exact) mass is 294 g/mol. The van der Waals surface area contributed by atoms with Crippen LogP contribution in [0.15, 0.2) is 6.20 Å². The lowest BCUT2D eigenvalue weighted by molar-refractivity contribution is 0.145. The maximum atomic E-state index is 11.9. The molecule has 1 aliphatic rings. The Balaban J connectivity index is 1.79. The first-order chi connectivity index (χ1) is 10.2. The quantitative estimate of drug-likeness (QED) is 0.779. The number of ether oxygens (including phenoxy) is 1. The third-order valence-electron chi connectivity index (χ3n) is 3.87. The van der Waals surface area contributed by atoms with Crippen molar-refractivity contribution >= 4 is 6.03 Å². The summed E-state index contributed by atoms with van der Waals surface area (Å²) in [7, 11) is 1.67. The fraction of sp³-hybridized carbons (Fsp3) is 0.733. The first-order valence-corrected chi connectivity index (χ1v) is 7.71. The maximum Gasteiger partial charge on any atom is 0.317 e. The van der Waals surface area contributed by atoms with Crippen LogP contribution in [0.2, 0.25) is 0 Å². The number of rotatable bonds is 7. The van der Waals surface area contributed by atoms with Gasteiger partial charge in [-0.3, -0.25) is 0 Å². The number of amides is 2. The van der Waals surface area contributed by atoms with Crippen LogP contribution < -0.4 is 5.32 Å². The zero-order chi connectivity index (χ0) is 15.2. The van der Waals surface area contributed by atoms with Crippen LogP contribution in [0.3, 0.4) is 0 Å². The number of urea groups is 1. The van der Waals surface area contributed by atoms with Crippen LogP contribution in [0.4, 0.5) is 4.79 Å². The Labute approximate surface area is 126 Å². The summed E-state index contributed by atoms with van der Waals surface area (Å²) in [4.78, 5) is 18.3. The molecule has 2 amide bonds. The maximum absolute atomic E-state index is 11.9. The largest absolute Gasteiger partial charge is 0.385 e. The van der Waals surface area contributed by atoms with E-state index in [0.717, 1.165) is 38.3 Å². The number of hydrogen-bond donors (Lipinski definition) is 1. The van der Waals surface area contributed by atoms with Gasteiger partial charge in [0, 0.05) is 51.8 Å². The van der Waals surface area contributed by atoms with Crippen LogP contribution >= 0.6 is 0 Å². The van der Waals surface area contributed by atoms with Gasteiger partial charge in [-0.2, -0.15) is 0 Å². The van der Waals surface area contributed by atoms with Crippen LogP contribution in [-0.4, -0.2) is 53.8 Å². The molecule has 1 saturated heterocycles. The fourth-order valence-electron chi connectivity index (χ4n) is 2.65. The molecule has 0 aromatic carbocycles. The molecule has 2 heterocycles. The van der Waals surface area contributed by atoms with E-state index in [4.69, 9.17) is 4.74 Å². The molecule has 0 radical (unpaired) electrons. The van der Waals surface area contributed by atoms with Crippen molar-refractivity contribution in [2.24, 2.45) is 0 Å². The summed E-state index contributed by atoms with van der Waals surface area (Å²) in [6, 6.07) is 0.0210. The van der Waals surface area contributed by atoms with Crippen molar-refractivity contribution in [1.82, 2.24) is 19.8 Å². The van der Waals surface area contributed by atoms with Gasteiger partial charge in [0.1, 0.15) is 5.82 Å². The summed E-state index contributed by atoms with van der Waals surface area (Å²) in [6.45, 7) is 8.12. The van der Waals surface area contributed by atoms with Gasteiger partial charge in [-0.05, 0) is 19.8 Å². The van der Waals surface area contributed by atoms with Gasteiger partial charge in [0.05, 0.1) is 5.92 Å². The van der Waals surface area contributed by atoms with Gasteiger partial charge in [0.25, 0.3) is 0 Å². The highest BCUT2D eigenvalue weighted by atomic mass is 16.5. The minimum absolute atomic E-state index is 0.0210. The first-order valence-electron chi connectivity index (χ1n) is 7.71. The van der Waals surface area contributed by atoms with Crippen LogP contribution in [-0.2, 0) is 11.3 Å². The van der Waals surface area contributed by atoms with Crippen molar-refractivity contribution in [2.75, 3.05) is 33.4 Å². The molecule has 1 N–H and O–H groups in total. The number of carbonyl (C=O) groups excluding carboxylic acids is 1. The molecule has 1 aromatic rings. The van der Waals surface area contributed by atoms with E-state index in [1.807, 2.05) is 11.1 Å². The summed E-state index contributed by atoms with van der Waals surface area (Å²) < 4.78 is 7.24. The Morgan fingerprint density at radius 2 is 2.29 bits per heavy atom. The lowest BCUT2D eigenvalue weighted by Gasteiger charge is -2.39. The van der Waals surface area contributed by atoms with E-state index in [1.165, 1.54) is 5.69 Å². The van der Waals surface area contributed by atoms with Crippen LogP contribution in [0.25, 0.3) is 0 Å². The van der Waals surface area contributed by atoms with Gasteiger partial charge in [0.15, 0.2) is 0 Å². The van der Waals surface area contributed by atoms with E-state index in [2.05, 4.69) is 28.7 Å². The van der Waals surface area contributed by atoms with Crippen molar-refractivity contribution in [3.63, 3.8) is 0 Å². The number of likely N-dealkylation sites (tertiary alicyclic amines) is 1. The van der Waals surface area contributed by atoms with E-state index in [9.17, 15) is 4.79 Å². The molecule has 1 aliphatic heterocycles. The number of nitrogens with zero attached hydrogens (tertiary/aromatic N) is 3. The Morgan fingerprint density at radius 3 is 2.95 bits per heavy atom. The van der Waals surface area contributed by atoms with Gasteiger partial charge in [0.2, 0.25) is 0 Å². The van der Waals surface area contributed by atoms with Crippen LogP contribution in [0.5, 0.6) is 0 Å². The molecular formula is C15H26N4O2. The molecule has 118 valence electrons. The molecule has 0 spiro atoms. The average molecular weight is 294 g/mol. The number of methoxy groups -OCH3 is 1. The Kier molecular flexibility index (Phi) is 5.61. The third-order valence-corrected chi connectivity index (χ3v) is 3.87. The molecule has 21 heavy (non-hydrogen) atoms. The van der Waals surface area contributed by atoms with Gasteiger partial charge in [-0.15, -0.1) is 0 Å². The molecule has 6 heteroatoms. The summed E-state index contributed by atoms with van der Waals surface area (Å²) >= 11 is 0. The number of imidazole rings is 1. The minimum Gasteiger partial charge on any atom is -0.385 e. The van der Waals surface area contributed by atoms with E-state index in [1.54, 1.807) is 7.11 Å². The summed E-state index contributed by atoms with van der Waals surface area (Å²) in [5.41, 5.74) is 1.20. The highest BCUT2D eigenvalue weighted by Crippen LogP contribution is 2.26. The second kappa shape index (κ2) is 7.45. The number of aryl methyl sites for hydroxylation is 1. The molecule has 1 aromatic heterocycles. The Morgan fingerprint density at radius 1 is 1.52 bits per heavy atom. The van der Waals surface area contributed by atoms with Crippen LogP contribution in [0, 0.1) is 6.92 Å². The van der Waals surface area contributed by atoms with Gasteiger partial charge in [-0.25, -0.2) is 9.78 Å². The zero-order valence-electron chi connectivity index (χ0n) is 13.3. The van der Waals surface area contributed by atoms with Gasteiger partial charge < -0.3 is 19.5 Å². The number of carbonyl (C=O) groups is 1. The Bertz CT molecular complexity index is 466. The normalized spacial score (nSPS) is 15.1. The molecule has 2 rings (SSSR count). The molecule has 1 fully saturated rings. The average Bonchev–Trinajstić information content (AvgIpc) is 2.76. The minimum atomic E-state index is 0.0210. The molecule has 0 unspecified atom stereocenters. The van der Waals surface area contributed by atoms with Crippen LogP contribution in [0.1, 0.15) is 37.2 Å². The van der Waals surface area contributed by atoms with Gasteiger partial charge >= 0.3 is 6.03 Å². The molecule has 0 bridgehead atoms. The molecule has 0 saturated carbocycles. The number of aromatic nitrogens is 2. The molecular weight excluding hydrogens is 268 g/mol. The van der Waals surface area contributed by atoms with Crippen molar-refractivity contribution in [2.45, 2.75) is 39.2 Å². The van der Waals surface area contributed by atoms with Crippen molar-refractivity contribution < 1.29 is 9.53 Å². The van der Waals surface area contributed by atoms with E-state index < -0.39 is 0 Å². The second-order valence-corrected chi connectivity index (χ2v) is 5.59. The third kappa shape index (κ3) is 3.75. The SMILES string of the molecule is CCCn1c(C)cnc1C1CN(C(=O)NCCCOC)C1. The lowest BCUT2D eigenvalue weighted by atomic mass is 9.99. The summed E-state index contributed by atoms with van der Waals surface area (Å²) in [5.74, 6) is 1.49. The predicted molar refractivity (Wildman–Crippen MR) is 81.5 cm³/mol. The fourth-order valence-corrected chi connectivity index (χ4v) is 2.65. The lowest BCUT2D eigenvalue weighted by Crippen LogP contribution is -2.53. The van der Waals surface area contributed by atoms with Crippen molar-refractivity contribution in [3.05, 3.63) is 17.7 Å². The first kappa shape index (κ1) is 15.8. The van der Waals surface area contributed by atoms with E-state index in [-0.39, 0.29) is 6.03 Å². The predicted octanol–water partition coefficient (Wildman–Crippen LogP) is 1.75. The highest BCUT2D eigenvalue weighted by Gasteiger charge is 2.34. The summed E-state index contributed by atoms with van der Waals surface area (Å²) in [5, 5.41) is 2.92. The van der Waals surface area contributed by atoms with Crippen molar-refractivity contribution in [3.8, 4) is 0 Å². The number of hydrogen-bond acceptors (Lipinski definition) is 3. The Hall–Kier alpha value is -1.56. The molecule has 0 aliphatic carbocycles. The molecule has 6 nitrogen and oxygen atoms in total. The van der Waals surface area contributed by atoms with Crippen molar-refractivity contribution in [1.29, 1.82) is 0 Å². The summed E-state index contributed by atoms with van der Waals surface area (Å²) in [6.07, 6.45) is 3.87. The van der Waals surface area contributed by atoms with E-state index >= 15 is 0 Å². The molecule has 0 atom stereocenters. The van der Waals surface area contributed by atoms with E-state index in [0.29, 0.717) is 19.1 Å². The standard InChI is InChI=1S/C15H26N4O2/c1-4-7-19-12(2)9-17-14(19)13-10-18(11-13)15(20)16-6-5-8-21-3/h9,13H,4-8,10-11H2,1-3H3,(H,16,20). The smallest absolute Gasteiger partial charge is 0.317 e.